The summed E-state index contributed by atoms with van der Waals surface area (Å²) in [4.78, 5) is 48.5. The van der Waals surface area contributed by atoms with E-state index in [0.29, 0.717) is 55.2 Å². The molecular formula is C30H29N3O6S. The number of hydrogen-bond acceptors (Lipinski definition) is 8. The van der Waals surface area contributed by atoms with E-state index in [9.17, 15) is 14.4 Å². The monoisotopic (exact) mass is 559 g/mol. The van der Waals surface area contributed by atoms with E-state index in [2.05, 4.69) is 0 Å². The van der Waals surface area contributed by atoms with E-state index in [0.717, 1.165) is 12.1 Å². The number of carbonyl (C=O) groups is 2. The number of aromatic nitrogens is 1. The molecule has 0 saturated heterocycles. The van der Waals surface area contributed by atoms with Crippen LogP contribution in [0.15, 0.2) is 63.5 Å². The summed E-state index contributed by atoms with van der Waals surface area (Å²) in [5, 5.41) is 0. The fourth-order valence-electron chi connectivity index (χ4n) is 5.54. The molecule has 0 saturated carbocycles. The van der Waals surface area contributed by atoms with E-state index < -0.39 is 12.0 Å². The minimum atomic E-state index is -0.811. The summed E-state index contributed by atoms with van der Waals surface area (Å²) >= 11 is 1.18. The summed E-state index contributed by atoms with van der Waals surface area (Å²) in [6, 6.07) is 12.0. The van der Waals surface area contributed by atoms with Crippen LogP contribution in [0.4, 0.5) is 5.69 Å². The topological polar surface area (TPSA) is 99.4 Å². The summed E-state index contributed by atoms with van der Waals surface area (Å²) < 4.78 is 18.4. The molecule has 3 aromatic rings. The molecule has 0 fully saturated rings. The molecule has 0 radical (unpaired) electrons. The van der Waals surface area contributed by atoms with E-state index >= 15 is 0 Å². The number of amides is 1. The lowest BCUT2D eigenvalue weighted by molar-refractivity contribution is -0.139. The molecule has 9 nitrogen and oxygen atoms in total. The standard InChI is InChI=1S/C30H29N3O6S/c1-5-9-19-24(29(36)37-6-2)25(17-12-13-21-22(14-17)39-15-38-21)33-28(35)26(40-30(33)31-19)23-18-10-7-8-11-20(18)32(16(3)4)27(23)34/h7-8,10-14,16,25H,5-6,9,15H2,1-4H3/b26-23+/t25-/m0/s1. The van der Waals surface area contributed by atoms with Crippen molar-refractivity contribution in [2.45, 2.75) is 52.6 Å². The van der Waals surface area contributed by atoms with Crippen molar-refractivity contribution in [1.29, 1.82) is 0 Å². The van der Waals surface area contributed by atoms with E-state index in [1.165, 1.54) is 15.9 Å². The van der Waals surface area contributed by atoms with Crippen LogP contribution in [0.3, 0.4) is 0 Å². The third-order valence-electron chi connectivity index (χ3n) is 7.19. The number of carbonyl (C=O) groups excluding carboxylic acids is 2. The molecule has 206 valence electrons. The van der Waals surface area contributed by atoms with Gasteiger partial charge in [0.25, 0.3) is 11.5 Å². The fraction of sp³-hybridized carbons (Fsp3) is 0.333. The van der Waals surface area contributed by atoms with Crippen LogP contribution in [-0.2, 0) is 14.3 Å². The number of ether oxygens (including phenoxy) is 3. The van der Waals surface area contributed by atoms with Crippen LogP contribution >= 0.6 is 11.3 Å². The Morgan fingerprint density at radius 3 is 2.65 bits per heavy atom. The van der Waals surface area contributed by atoms with E-state index in [4.69, 9.17) is 19.2 Å². The third-order valence-corrected chi connectivity index (χ3v) is 8.24. The number of thiazole rings is 1. The van der Waals surface area contributed by atoms with Gasteiger partial charge in [-0.1, -0.05) is 48.9 Å². The molecular weight excluding hydrogens is 530 g/mol. The van der Waals surface area contributed by atoms with Gasteiger partial charge in [0.05, 0.1) is 35.2 Å². The first-order valence-electron chi connectivity index (χ1n) is 13.4. The van der Waals surface area contributed by atoms with Gasteiger partial charge in [0.15, 0.2) is 16.3 Å². The number of anilines is 1. The van der Waals surface area contributed by atoms with Crippen molar-refractivity contribution in [2.24, 2.45) is 4.99 Å². The molecule has 40 heavy (non-hydrogen) atoms. The molecule has 1 amide bonds. The second kappa shape index (κ2) is 10.1. The second-order valence-corrected chi connectivity index (χ2v) is 11.0. The number of fused-ring (bicyclic) bond motifs is 3. The summed E-state index contributed by atoms with van der Waals surface area (Å²) in [7, 11) is 0. The van der Waals surface area contributed by atoms with Crippen LogP contribution in [0.5, 0.6) is 11.5 Å². The maximum Gasteiger partial charge on any atom is 0.338 e. The lowest BCUT2D eigenvalue weighted by Crippen LogP contribution is -2.41. The van der Waals surface area contributed by atoms with Gasteiger partial charge in [-0.15, -0.1) is 0 Å². The number of allylic oxidation sites excluding steroid dienone is 1. The molecule has 0 aliphatic carbocycles. The SMILES string of the molecule is CCCC1=C(C(=O)OCC)[C@H](c2ccc3c(c2)OCO3)n2c(s/c(=C3/C(=O)N(C(C)C)c4ccccc43)c2=O)=N1. The Balaban J connectivity index is 1.66. The predicted molar refractivity (Wildman–Crippen MR) is 150 cm³/mol. The zero-order chi connectivity index (χ0) is 28.1. The van der Waals surface area contributed by atoms with Gasteiger partial charge in [0.2, 0.25) is 6.79 Å². The molecule has 10 heteroatoms. The quantitative estimate of drug-likeness (QED) is 0.429. The van der Waals surface area contributed by atoms with Crippen LogP contribution in [0.25, 0.3) is 5.57 Å². The number of benzene rings is 2. The molecule has 1 aromatic heterocycles. The van der Waals surface area contributed by atoms with Crippen molar-refractivity contribution in [1.82, 2.24) is 4.57 Å². The zero-order valence-corrected chi connectivity index (χ0v) is 23.5. The summed E-state index contributed by atoms with van der Waals surface area (Å²) in [6.45, 7) is 7.92. The Morgan fingerprint density at radius 1 is 1.12 bits per heavy atom. The number of rotatable bonds is 6. The first-order valence-corrected chi connectivity index (χ1v) is 14.2. The van der Waals surface area contributed by atoms with Crippen LogP contribution in [0, 0.1) is 0 Å². The average Bonchev–Trinajstić information content (AvgIpc) is 3.61. The van der Waals surface area contributed by atoms with Gasteiger partial charge in [-0.25, -0.2) is 9.79 Å². The Labute approximate surface area is 234 Å². The highest BCUT2D eigenvalue weighted by Gasteiger charge is 2.38. The van der Waals surface area contributed by atoms with Gasteiger partial charge in [-0.2, -0.15) is 0 Å². The van der Waals surface area contributed by atoms with Gasteiger partial charge in [-0.3, -0.25) is 14.2 Å². The Morgan fingerprint density at radius 2 is 1.90 bits per heavy atom. The van der Waals surface area contributed by atoms with Crippen LogP contribution in [0.1, 0.15) is 57.7 Å². The van der Waals surface area contributed by atoms with E-state index in [1.54, 1.807) is 24.0 Å². The largest absolute Gasteiger partial charge is 0.463 e. The number of hydrogen-bond donors (Lipinski definition) is 0. The molecule has 0 unspecified atom stereocenters. The van der Waals surface area contributed by atoms with Gasteiger partial charge in [-0.05, 0) is 51.0 Å². The molecule has 4 heterocycles. The van der Waals surface area contributed by atoms with Gasteiger partial charge in [0, 0.05) is 11.6 Å². The minimum Gasteiger partial charge on any atom is -0.463 e. The van der Waals surface area contributed by atoms with Gasteiger partial charge < -0.3 is 19.1 Å². The summed E-state index contributed by atoms with van der Waals surface area (Å²) in [5.41, 5.74) is 3.01. The summed E-state index contributed by atoms with van der Waals surface area (Å²) in [6.07, 6.45) is 1.26. The molecule has 2 aromatic carbocycles. The van der Waals surface area contributed by atoms with Crippen LogP contribution < -0.4 is 29.3 Å². The molecule has 6 rings (SSSR count). The summed E-state index contributed by atoms with van der Waals surface area (Å²) in [5.74, 6) is 0.381. The highest BCUT2D eigenvalue weighted by molar-refractivity contribution is 7.07. The van der Waals surface area contributed by atoms with Crippen molar-refractivity contribution < 1.29 is 23.8 Å². The molecule has 0 N–H and O–H groups in total. The first-order chi connectivity index (χ1) is 19.3. The van der Waals surface area contributed by atoms with E-state index in [1.807, 2.05) is 51.1 Å². The normalized spacial score (nSPS) is 18.7. The highest BCUT2D eigenvalue weighted by atomic mass is 32.1. The van der Waals surface area contributed by atoms with Crippen molar-refractivity contribution in [3.8, 4) is 11.5 Å². The highest BCUT2D eigenvalue weighted by Crippen LogP contribution is 2.40. The van der Waals surface area contributed by atoms with Gasteiger partial charge in [0.1, 0.15) is 4.53 Å². The lowest BCUT2D eigenvalue weighted by Gasteiger charge is -2.25. The molecule has 0 bridgehead atoms. The van der Waals surface area contributed by atoms with Crippen molar-refractivity contribution in [2.75, 3.05) is 18.3 Å². The van der Waals surface area contributed by atoms with Crippen molar-refractivity contribution >= 4 is 34.5 Å². The Kier molecular flexibility index (Phi) is 6.58. The first kappa shape index (κ1) is 26.1. The zero-order valence-electron chi connectivity index (χ0n) is 22.7. The minimum absolute atomic E-state index is 0.0946. The molecule has 3 aliphatic rings. The lowest BCUT2D eigenvalue weighted by atomic mass is 9.94. The molecule has 1 atom stereocenters. The fourth-order valence-corrected chi connectivity index (χ4v) is 6.65. The molecule has 0 spiro atoms. The van der Waals surface area contributed by atoms with Crippen molar-refractivity contribution in [3.63, 3.8) is 0 Å². The predicted octanol–water partition coefficient (Wildman–Crippen LogP) is 3.43. The van der Waals surface area contributed by atoms with Gasteiger partial charge >= 0.3 is 5.97 Å². The van der Waals surface area contributed by atoms with E-state index in [-0.39, 0.29) is 30.9 Å². The number of para-hydroxylation sites is 1. The maximum atomic E-state index is 14.3. The number of nitrogens with zero attached hydrogens (tertiary/aromatic N) is 3. The van der Waals surface area contributed by atoms with Crippen LogP contribution in [-0.4, -0.2) is 35.9 Å². The second-order valence-electron chi connectivity index (χ2n) is 10.0. The third kappa shape index (κ3) is 3.97. The Hall–Kier alpha value is -4.18. The molecule has 3 aliphatic heterocycles. The maximum absolute atomic E-state index is 14.3. The smallest absolute Gasteiger partial charge is 0.338 e. The number of esters is 1. The van der Waals surface area contributed by atoms with Crippen LogP contribution in [0.2, 0.25) is 0 Å². The van der Waals surface area contributed by atoms with Crippen molar-refractivity contribution in [3.05, 3.63) is 84.5 Å². The Bertz CT molecular complexity index is 1770. The average molecular weight is 560 g/mol.